The molecule has 3 rings (SSSR count). The third kappa shape index (κ3) is 18.9. The van der Waals surface area contributed by atoms with Crippen molar-refractivity contribution in [3.63, 3.8) is 0 Å². The zero-order valence-corrected chi connectivity index (χ0v) is 37.6. The van der Waals surface area contributed by atoms with Crippen LogP contribution >= 0.6 is 0 Å². The first-order valence-electron chi connectivity index (χ1n) is 24.8. The van der Waals surface area contributed by atoms with Crippen LogP contribution in [0.25, 0.3) is 16.9 Å². The Hall–Kier alpha value is -2.48. The Labute approximate surface area is 348 Å². The highest BCUT2D eigenvalue weighted by Crippen LogP contribution is 2.45. The number of hydrogen-bond donors (Lipinski definition) is 0. The van der Waals surface area contributed by atoms with Crippen LogP contribution in [-0.4, -0.2) is 4.70 Å². The van der Waals surface area contributed by atoms with Crippen LogP contribution in [0.1, 0.15) is 255 Å². The second-order valence-corrected chi connectivity index (χ2v) is 17.6. The summed E-state index contributed by atoms with van der Waals surface area (Å²) in [5.41, 5.74) is 22.3. The molecule has 0 spiro atoms. The predicted molar refractivity (Wildman–Crippen MR) is 248 cm³/mol. The third-order valence-corrected chi connectivity index (χ3v) is 12.5. The Balaban J connectivity index is 1.52. The van der Waals surface area contributed by atoms with Crippen LogP contribution < -0.4 is 0 Å². The molecule has 0 saturated heterocycles. The van der Waals surface area contributed by atoms with Gasteiger partial charge in [0.15, 0.2) is 0 Å². The molecule has 0 fully saturated rings. The first-order chi connectivity index (χ1) is 27.6. The molecule has 56 heavy (non-hydrogen) atoms. The summed E-state index contributed by atoms with van der Waals surface area (Å²) in [4.78, 5) is 0. The van der Waals surface area contributed by atoms with Gasteiger partial charge in [-0.05, 0) is 86.8 Å². The van der Waals surface area contributed by atoms with Gasteiger partial charge in [-0.15, -0.1) is 0 Å². The largest absolute Gasteiger partial charge is 0.493 e. The maximum Gasteiger partial charge on any atom is 0.211 e. The molecular formula is C54H88N2. The second-order valence-electron chi connectivity index (χ2n) is 17.6. The van der Waals surface area contributed by atoms with Crippen molar-refractivity contribution in [2.24, 2.45) is 0 Å². The number of rotatable bonds is 36. The van der Waals surface area contributed by atoms with E-state index < -0.39 is 0 Å². The van der Waals surface area contributed by atoms with Gasteiger partial charge in [-0.2, -0.15) is 0 Å². The molecular weight excluding hydrogens is 677 g/mol. The monoisotopic (exact) mass is 765 g/mol. The topological polar surface area (TPSA) is 25.3 Å². The quantitative estimate of drug-likeness (QED) is 0.0488. The van der Waals surface area contributed by atoms with E-state index >= 15 is 0 Å². The first-order valence-corrected chi connectivity index (χ1v) is 24.8. The van der Waals surface area contributed by atoms with E-state index in [9.17, 15) is 5.53 Å². The Morgan fingerprint density at radius 3 is 1.00 bits per heavy atom. The minimum Gasteiger partial charge on any atom is -0.493 e. The minimum atomic E-state index is 1.04. The summed E-state index contributed by atoms with van der Waals surface area (Å²) in [6.45, 7) is 9.17. The zero-order valence-electron chi connectivity index (χ0n) is 37.6. The van der Waals surface area contributed by atoms with Gasteiger partial charge >= 0.3 is 0 Å². The fraction of sp³-hybridized carbons (Fsp3) is 0.704. The summed E-state index contributed by atoms with van der Waals surface area (Å²) in [6.07, 6.45) is 45.0. The summed E-state index contributed by atoms with van der Waals surface area (Å²) in [7, 11) is 0. The van der Waals surface area contributed by atoms with Gasteiger partial charge in [-0.25, -0.2) is 4.70 Å². The molecule has 0 radical (unpaired) electrons. The zero-order chi connectivity index (χ0) is 39.9. The Morgan fingerprint density at radius 1 is 0.339 bits per heavy atom. The molecule has 1 aliphatic rings. The van der Waals surface area contributed by atoms with Gasteiger partial charge in [0.05, 0.1) is 0 Å². The van der Waals surface area contributed by atoms with E-state index in [0.29, 0.717) is 0 Å². The molecule has 0 aromatic heterocycles. The Morgan fingerprint density at radius 2 is 0.625 bits per heavy atom. The van der Waals surface area contributed by atoms with Gasteiger partial charge in [0.25, 0.3) is 0 Å². The lowest BCUT2D eigenvalue weighted by atomic mass is 9.90. The molecule has 2 aromatic rings. The van der Waals surface area contributed by atoms with Crippen molar-refractivity contribution < 1.29 is 4.70 Å². The van der Waals surface area contributed by atoms with Crippen LogP contribution in [0.3, 0.4) is 0 Å². The molecule has 0 N–H and O–H groups in total. The fourth-order valence-electron chi connectivity index (χ4n) is 8.96. The van der Waals surface area contributed by atoms with Gasteiger partial charge in [0.1, 0.15) is 0 Å². The van der Waals surface area contributed by atoms with Crippen LogP contribution in [0.15, 0.2) is 59.7 Å². The van der Waals surface area contributed by atoms with E-state index in [2.05, 4.69) is 76.2 Å². The summed E-state index contributed by atoms with van der Waals surface area (Å²) in [6, 6.07) is 18.3. The molecule has 0 amide bonds. The van der Waals surface area contributed by atoms with Gasteiger partial charge < -0.3 is 5.53 Å². The lowest BCUT2D eigenvalue weighted by Crippen LogP contribution is -2.03. The fourth-order valence-corrected chi connectivity index (χ4v) is 8.96. The van der Waals surface area contributed by atoms with Gasteiger partial charge in [-0.3, -0.25) is 0 Å². The van der Waals surface area contributed by atoms with Crippen molar-refractivity contribution >= 4 is 11.4 Å². The second kappa shape index (κ2) is 31.5. The van der Waals surface area contributed by atoms with Crippen molar-refractivity contribution in [3.05, 3.63) is 87.5 Å². The SMILES string of the molecule is CCCCCCCCCCCCCCCCCCCCCc1cccc(C2=C(CCCCC)C(CCCCCCCC)=C(c3cccc(CCCC)c3)[N+]2=[N-])c1. The standard InChI is InChI=1S/C54H88N2/c1-5-9-13-15-17-18-19-20-21-22-23-24-25-26-27-28-29-30-33-38-48-40-36-42-50(46-48)53-51(43-32-11-7-3)52(44-34-31-16-14-10-6-2)54(56(53)55)49-41-35-39-47(45-49)37-12-8-4/h35-36,39-42,45-46H,5-34,37-38,43-44H2,1-4H3. The van der Waals surface area contributed by atoms with Crippen LogP contribution in [-0.2, 0) is 12.8 Å². The van der Waals surface area contributed by atoms with Crippen molar-refractivity contribution in [2.75, 3.05) is 0 Å². The summed E-state index contributed by atoms with van der Waals surface area (Å²) in [5, 5.41) is 0. The molecule has 2 nitrogen and oxygen atoms in total. The number of hydrogen-bond acceptors (Lipinski definition) is 0. The van der Waals surface area contributed by atoms with Crippen LogP contribution in [0.4, 0.5) is 0 Å². The van der Waals surface area contributed by atoms with Crippen LogP contribution in [0, 0.1) is 0 Å². The average molecular weight is 765 g/mol. The number of unbranched alkanes of at least 4 members (excludes halogenated alkanes) is 26. The van der Waals surface area contributed by atoms with E-state index in [1.165, 1.54) is 226 Å². The van der Waals surface area contributed by atoms with Crippen LogP contribution in [0.5, 0.6) is 0 Å². The van der Waals surface area contributed by atoms with Gasteiger partial charge in [0, 0.05) is 22.3 Å². The van der Waals surface area contributed by atoms with Crippen molar-refractivity contribution in [1.82, 2.24) is 0 Å². The Kier molecular flexibility index (Phi) is 26.9. The summed E-state index contributed by atoms with van der Waals surface area (Å²) >= 11 is 0. The molecule has 0 saturated carbocycles. The maximum absolute atomic E-state index is 12.2. The highest BCUT2D eigenvalue weighted by Gasteiger charge is 2.35. The number of allylic oxidation sites excluding steroid dienone is 2. The lowest BCUT2D eigenvalue weighted by molar-refractivity contribution is -0.345. The smallest absolute Gasteiger partial charge is 0.211 e. The predicted octanol–water partition coefficient (Wildman–Crippen LogP) is 18.5. The molecule has 0 atom stereocenters. The van der Waals surface area contributed by atoms with Crippen molar-refractivity contribution in [2.45, 2.75) is 246 Å². The molecule has 2 aromatic carbocycles. The molecule has 0 unspecified atom stereocenters. The first kappa shape index (κ1) is 47.9. The van der Waals surface area contributed by atoms with Gasteiger partial charge in [0.2, 0.25) is 11.4 Å². The van der Waals surface area contributed by atoms with E-state index in [4.69, 9.17) is 0 Å². The molecule has 2 heteroatoms. The molecule has 0 aliphatic carbocycles. The molecule has 314 valence electrons. The highest BCUT2D eigenvalue weighted by atomic mass is 15.2. The molecule has 1 aliphatic heterocycles. The van der Waals surface area contributed by atoms with E-state index in [-0.39, 0.29) is 0 Å². The summed E-state index contributed by atoms with van der Waals surface area (Å²) in [5.74, 6) is 0. The van der Waals surface area contributed by atoms with Gasteiger partial charge in [-0.1, -0.05) is 219 Å². The van der Waals surface area contributed by atoms with E-state index in [1.807, 2.05) is 0 Å². The third-order valence-electron chi connectivity index (χ3n) is 12.5. The number of benzene rings is 2. The van der Waals surface area contributed by atoms with Crippen LogP contribution in [0.2, 0.25) is 0 Å². The number of nitrogens with zero attached hydrogens (tertiary/aromatic N) is 2. The highest BCUT2D eigenvalue weighted by molar-refractivity contribution is 5.82. The normalized spacial score (nSPS) is 13.2. The van der Waals surface area contributed by atoms with E-state index in [1.54, 1.807) is 4.70 Å². The summed E-state index contributed by atoms with van der Waals surface area (Å²) < 4.78 is 1.61. The molecule has 0 bridgehead atoms. The van der Waals surface area contributed by atoms with Crippen molar-refractivity contribution in [1.29, 1.82) is 0 Å². The number of aryl methyl sites for hydroxylation is 2. The maximum atomic E-state index is 12.2. The minimum absolute atomic E-state index is 1.04. The average Bonchev–Trinajstić information content (AvgIpc) is 3.49. The van der Waals surface area contributed by atoms with E-state index in [0.717, 1.165) is 37.1 Å². The molecule has 1 heterocycles. The lowest BCUT2D eigenvalue weighted by Gasteiger charge is -2.12. The Bertz CT molecular complexity index is 1380. The van der Waals surface area contributed by atoms with Crippen molar-refractivity contribution in [3.8, 4) is 0 Å².